The maximum Gasteiger partial charge on any atom is 0.0583 e. The van der Waals surface area contributed by atoms with Crippen LogP contribution in [-0.4, -0.2) is 10.9 Å². The Morgan fingerprint density at radius 1 is 1.31 bits per heavy atom. The summed E-state index contributed by atoms with van der Waals surface area (Å²) in [6.45, 7) is 5.98. The summed E-state index contributed by atoms with van der Waals surface area (Å²) in [4.78, 5) is 0. The van der Waals surface area contributed by atoms with E-state index >= 15 is 0 Å². The summed E-state index contributed by atoms with van der Waals surface area (Å²) in [6.07, 6.45) is 0.731. The maximum absolute atomic E-state index is 8.57. The zero-order valence-corrected chi connectivity index (χ0v) is 8.33. The van der Waals surface area contributed by atoms with Crippen molar-refractivity contribution < 1.29 is 5.21 Å². The van der Waals surface area contributed by atoms with E-state index < -0.39 is 0 Å². The van der Waals surface area contributed by atoms with Gasteiger partial charge in [-0.3, -0.25) is 0 Å². The molecule has 0 radical (unpaired) electrons. The van der Waals surface area contributed by atoms with Crippen molar-refractivity contribution in [2.45, 2.75) is 27.2 Å². The molecule has 1 N–H and O–H groups in total. The molecule has 2 nitrogen and oxygen atoms in total. The molecule has 0 aromatic heterocycles. The summed E-state index contributed by atoms with van der Waals surface area (Å²) < 4.78 is 0. The molecule has 1 rings (SSSR count). The van der Waals surface area contributed by atoms with E-state index in [0.717, 1.165) is 12.1 Å². The number of oxime groups is 1. The minimum atomic E-state index is 0.731. The highest BCUT2D eigenvalue weighted by Gasteiger charge is 2.03. The molecule has 0 atom stereocenters. The van der Waals surface area contributed by atoms with Gasteiger partial charge in [0, 0.05) is 6.42 Å². The molecule has 0 spiro atoms. The Labute approximate surface area is 78.9 Å². The maximum atomic E-state index is 8.57. The molecule has 1 aromatic carbocycles. The van der Waals surface area contributed by atoms with Crippen molar-refractivity contribution in [3.05, 3.63) is 34.9 Å². The van der Waals surface area contributed by atoms with Crippen LogP contribution in [0.2, 0.25) is 0 Å². The molecule has 0 fully saturated rings. The Hall–Kier alpha value is -1.31. The third-order valence-corrected chi connectivity index (χ3v) is 2.25. The molecule has 0 amide bonds. The first-order valence-corrected chi connectivity index (χ1v) is 4.37. The van der Waals surface area contributed by atoms with Gasteiger partial charge in [-0.15, -0.1) is 0 Å². The summed E-state index contributed by atoms with van der Waals surface area (Å²) in [5.41, 5.74) is 4.52. The second kappa shape index (κ2) is 4.08. The lowest BCUT2D eigenvalue weighted by molar-refractivity contribution is 0.317. The van der Waals surface area contributed by atoms with Gasteiger partial charge < -0.3 is 5.21 Å². The molecule has 0 heterocycles. The van der Waals surface area contributed by atoms with Crippen LogP contribution >= 0.6 is 0 Å². The van der Waals surface area contributed by atoms with Gasteiger partial charge in [-0.2, -0.15) is 0 Å². The zero-order valence-electron chi connectivity index (χ0n) is 8.33. The highest BCUT2D eigenvalue weighted by atomic mass is 16.4. The first kappa shape index (κ1) is 9.78. The van der Waals surface area contributed by atoms with Crippen molar-refractivity contribution >= 4 is 5.71 Å². The van der Waals surface area contributed by atoms with Crippen LogP contribution in [0, 0.1) is 13.8 Å². The van der Waals surface area contributed by atoms with Crippen molar-refractivity contribution in [1.82, 2.24) is 0 Å². The topological polar surface area (TPSA) is 32.6 Å². The van der Waals surface area contributed by atoms with Crippen LogP contribution in [0.4, 0.5) is 0 Å². The molecule has 0 aliphatic carbocycles. The predicted octanol–water partition coefficient (Wildman–Crippen LogP) is 2.70. The Morgan fingerprint density at radius 3 is 2.31 bits per heavy atom. The number of hydrogen-bond donors (Lipinski definition) is 1. The lowest BCUT2D eigenvalue weighted by Crippen LogP contribution is -2.01. The minimum absolute atomic E-state index is 0.731. The fourth-order valence-electron chi connectivity index (χ4n) is 1.42. The van der Waals surface area contributed by atoms with Crippen LogP contribution in [0.3, 0.4) is 0 Å². The third kappa shape index (κ3) is 2.31. The molecule has 0 unspecified atom stereocenters. The highest BCUT2D eigenvalue weighted by Crippen LogP contribution is 2.14. The van der Waals surface area contributed by atoms with Gasteiger partial charge in [0.05, 0.1) is 5.71 Å². The van der Waals surface area contributed by atoms with E-state index in [0.29, 0.717) is 0 Å². The molecule has 0 saturated heterocycles. The molecular formula is C11H15NO. The van der Waals surface area contributed by atoms with Gasteiger partial charge in [0.1, 0.15) is 0 Å². The fraction of sp³-hybridized carbons (Fsp3) is 0.364. The van der Waals surface area contributed by atoms with Crippen molar-refractivity contribution in [3.8, 4) is 0 Å². The summed E-state index contributed by atoms with van der Waals surface area (Å²) >= 11 is 0. The van der Waals surface area contributed by atoms with Crippen LogP contribution in [0.15, 0.2) is 23.4 Å². The van der Waals surface area contributed by atoms with Gasteiger partial charge in [-0.1, -0.05) is 23.4 Å². The lowest BCUT2D eigenvalue weighted by Gasteiger charge is -2.07. The molecule has 0 aliphatic rings. The first-order valence-electron chi connectivity index (χ1n) is 4.37. The number of nitrogens with zero attached hydrogens (tertiary/aromatic N) is 1. The van der Waals surface area contributed by atoms with Gasteiger partial charge >= 0.3 is 0 Å². The van der Waals surface area contributed by atoms with Gasteiger partial charge in [-0.05, 0) is 37.5 Å². The van der Waals surface area contributed by atoms with Crippen LogP contribution in [-0.2, 0) is 6.42 Å². The number of benzene rings is 1. The third-order valence-electron chi connectivity index (χ3n) is 2.25. The van der Waals surface area contributed by atoms with Gasteiger partial charge in [-0.25, -0.2) is 0 Å². The smallest absolute Gasteiger partial charge is 0.0583 e. The number of aryl methyl sites for hydroxylation is 2. The van der Waals surface area contributed by atoms with Crippen molar-refractivity contribution in [3.63, 3.8) is 0 Å². The number of rotatable bonds is 2. The van der Waals surface area contributed by atoms with E-state index in [1.807, 2.05) is 13.0 Å². The van der Waals surface area contributed by atoms with Crippen molar-refractivity contribution in [1.29, 1.82) is 0 Å². The molecule has 70 valence electrons. The Bertz CT molecular complexity index is 309. The van der Waals surface area contributed by atoms with Crippen molar-refractivity contribution in [2.75, 3.05) is 0 Å². The van der Waals surface area contributed by atoms with E-state index in [-0.39, 0.29) is 0 Å². The average molecular weight is 177 g/mol. The monoisotopic (exact) mass is 177 g/mol. The second-order valence-corrected chi connectivity index (χ2v) is 3.38. The molecule has 2 heteroatoms. The van der Waals surface area contributed by atoms with Gasteiger partial charge in [0.2, 0.25) is 0 Å². The van der Waals surface area contributed by atoms with E-state index in [1.165, 1.54) is 16.7 Å². The average Bonchev–Trinajstić information content (AvgIpc) is 2.11. The van der Waals surface area contributed by atoms with Crippen LogP contribution in [0.1, 0.15) is 23.6 Å². The van der Waals surface area contributed by atoms with E-state index in [2.05, 4.69) is 31.1 Å². The molecule has 0 bridgehead atoms. The molecule has 13 heavy (non-hydrogen) atoms. The molecule has 0 saturated carbocycles. The highest BCUT2D eigenvalue weighted by molar-refractivity contribution is 5.84. The summed E-state index contributed by atoms with van der Waals surface area (Å²) in [5.74, 6) is 0. The summed E-state index contributed by atoms with van der Waals surface area (Å²) in [5, 5.41) is 11.7. The SMILES string of the molecule is C/C(Cc1c(C)cccc1C)=N\O. The molecular weight excluding hydrogens is 162 g/mol. The largest absolute Gasteiger partial charge is 0.411 e. The second-order valence-electron chi connectivity index (χ2n) is 3.38. The van der Waals surface area contributed by atoms with Crippen LogP contribution in [0.25, 0.3) is 0 Å². The predicted molar refractivity (Wildman–Crippen MR) is 54.5 cm³/mol. The van der Waals surface area contributed by atoms with E-state index in [4.69, 9.17) is 5.21 Å². The minimum Gasteiger partial charge on any atom is -0.411 e. The number of hydrogen-bond acceptors (Lipinski definition) is 2. The van der Waals surface area contributed by atoms with Crippen LogP contribution < -0.4 is 0 Å². The normalized spacial score (nSPS) is 11.8. The first-order chi connectivity index (χ1) is 6.15. The quantitative estimate of drug-likeness (QED) is 0.420. The Balaban J connectivity index is 3.00. The summed E-state index contributed by atoms with van der Waals surface area (Å²) in [7, 11) is 0. The van der Waals surface area contributed by atoms with Gasteiger partial charge in [0.25, 0.3) is 0 Å². The van der Waals surface area contributed by atoms with E-state index in [1.54, 1.807) is 0 Å². The van der Waals surface area contributed by atoms with Crippen molar-refractivity contribution in [2.24, 2.45) is 5.16 Å². The zero-order chi connectivity index (χ0) is 9.84. The molecule has 0 aliphatic heterocycles. The standard InChI is InChI=1S/C11H15NO/c1-8-5-4-6-9(2)11(8)7-10(3)12-13/h4-6,13H,7H2,1-3H3/b12-10+. The lowest BCUT2D eigenvalue weighted by atomic mass is 9.98. The fourth-order valence-corrected chi connectivity index (χ4v) is 1.42. The van der Waals surface area contributed by atoms with Crippen LogP contribution in [0.5, 0.6) is 0 Å². The molecule has 1 aromatic rings. The Morgan fingerprint density at radius 2 is 1.85 bits per heavy atom. The van der Waals surface area contributed by atoms with Gasteiger partial charge in [0.15, 0.2) is 0 Å². The Kier molecular flexibility index (Phi) is 3.07. The summed E-state index contributed by atoms with van der Waals surface area (Å²) in [6, 6.07) is 6.19. The van der Waals surface area contributed by atoms with E-state index in [9.17, 15) is 0 Å².